The van der Waals surface area contributed by atoms with Gasteiger partial charge in [0.05, 0.1) is 25.7 Å². The maximum Gasteiger partial charge on any atom is 0.224 e. The summed E-state index contributed by atoms with van der Waals surface area (Å²) in [5.74, 6) is 1.14. The average molecular weight is 331 g/mol. The van der Waals surface area contributed by atoms with Gasteiger partial charge in [0.1, 0.15) is 6.29 Å². The highest BCUT2D eigenvalue weighted by Gasteiger charge is 2.55. The number of ether oxygens (including phenoxy) is 2. The summed E-state index contributed by atoms with van der Waals surface area (Å²) >= 11 is 0. The van der Waals surface area contributed by atoms with E-state index in [0.717, 1.165) is 43.1 Å². The highest BCUT2D eigenvalue weighted by Crippen LogP contribution is 2.52. The lowest BCUT2D eigenvalue weighted by Crippen LogP contribution is -2.51. The zero-order chi connectivity index (χ0) is 17.3. The van der Waals surface area contributed by atoms with E-state index in [4.69, 9.17) is 9.47 Å². The maximum absolute atomic E-state index is 12.5. The second-order valence-corrected chi connectivity index (χ2v) is 6.63. The molecule has 2 aliphatic rings. The molecule has 5 heteroatoms. The fourth-order valence-corrected chi connectivity index (χ4v) is 4.38. The van der Waals surface area contributed by atoms with E-state index in [-0.39, 0.29) is 11.8 Å². The van der Waals surface area contributed by atoms with Crippen molar-refractivity contribution in [3.8, 4) is 11.5 Å². The van der Waals surface area contributed by atoms with E-state index in [0.29, 0.717) is 24.5 Å². The third kappa shape index (κ3) is 2.29. The van der Waals surface area contributed by atoms with E-state index < -0.39 is 5.54 Å². The molecule has 3 rings (SSSR count). The Morgan fingerprint density at radius 1 is 1.29 bits per heavy atom. The van der Waals surface area contributed by atoms with Crippen LogP contribution in [0.5, 0.6) is 11.5 Å². The van der Waals surface area contributed by atoms with Gasteiger partial charge in [-0.2, -0.15) is 0 Å². The molecule has 2 atom stereocenters. The van der Waals surface area contributed by atoms with Crippen LogP contribution in [0.2, 0.25) is 0 Å². The minimum Gasteiger partial charge on any atom is -0.493 e. The van der Waals surface area contributed by atoms with Crippen LogP contribution in [0.25, 0.3) is 0 Å². The number of nitrogens with zero attached hydrogens (tertiary/aromatic N) is 1. The van der Waals surface area contributed by atoms with Crippen LogP contribution in [0, 0.1) is 5.92 Å². The van der Waals surface area contributed by atoms with E-state index in [1.807, 2.05) is 17.0 Å². The van der Waals surface area contributed by atoms with Gasteiger partial charge in [-0.15, -0.1) is 0 Å². The first-order chi connectivity index (χ1) is 11.6. The molecule has 1 aromatic carbocycles. The lowest BCUT2D eigenvalue weighted by atomic mass is 9.71. The lowest BCUT2D eigenvalue weighted by Gasteiger charge is -2.46. The van der Waals surface area contributed by atoms with Crippen molar-refractivity contribution in [2.45, 2.75) is 44.6 Å². The summed E-state index contributed by atoms with van der Waals surface area (Å²) in [5, 5.41) is 0. The summed E-state index contributed by atoms with van der Waals surface area (Å²) in [6, 6.07) is 3.98. The number of amides is 1. The van der Waals surface area contributed by atoms with Crippen molar-refractivity contribution in [3.63, 3.8) is 0 Å². The van der Waals surface area contributed by atoms with Gasteiger partial charge in [0.15, 0.2) is 11.5 Å². The summed E-state index contributed by atoms with van der Waals surface area (Å²) in [4.78, 5) is 26.3. The second kappa shape index (κ2) is 6.46. The molecule has 2 heterocycles. The fourth-order valence-electron chi connectivity index (χ4n) is 4.38. The molecule has 0 radical (unpaired) electrons. The number of carbonyl (C=O) groups is 2. The molecule has 0 unspecified atom stereocenters. The Morgan fingerprint density at radius 3 is 2.62 bits per heavy atom. The Bertz CT molecular complexity index is 657. The molecule has 1 fully saturated rings. The third-order valence-corrected chi connectivity index (χ3v) is 5.55. The van der Waals surface area contributed by atoms with Crippen LogP contribution < -0.4 is 9.47 Å². The van der Waals surface area contributed by atoms with Crippen molar-refractivity contribution in [2.24, 2.45) is 5.92 Å². The highest BCUT2D eigenvalue weighted by atomic mass is 16.5. The molecule has 0 N–H and O–H groups in total. The average Bonchev–Trinajstić information content (AvgIpc) is 2.91. The number of hydrogen-bond acceptors (Lipinski definition) is 4. The van der Waals surface area contributed by atoms with Gasteiger partial charge >= 0.3 is 0 Å². The van der Waals surface area contributed by atoms with Crippen LogP contribution in [0.1, 0.15) is 43.7 Å². The van der Waals surface area contributed by atoms with E-state index >= 15 is 0 Å². The molecule has 0 aromatic heterocycles. The molecular formula is C19H25NO4. The minimum atomic E-state index is -0.526. The Kier molecular flexibility index (Phi) is 4.52. The summed E-state index contributed by atoms with van der Waals surface area (Å²) in [6.07, 6.45) is 4.86. The van der Waals surface area contributed by atoms with Gasteiger partial charge in [0.25, 0.3) is 0 Å². The maximum atomic E-state index is 12.5. The summed E-state index contributed by atoms with van der Waals surface area (Å²) < 4.78 is 10.9. The van der Waals surface area contributed by atoms with E-state index in [2.05, 4.69) is 6.92 Å². The first-order valence-electron chi connectivity index (χ1n) is 8.63. The van der Waals surface area contributed by atoms with Crippen molar-refractivity contribution in [1.82, 2.24) is 4.90 Å². The quantitative estimate of drug-likeness (QED) is 0.752. The molecule has 1 aromatic rings. The number of fused-ring (bicyclic) bond motifs is 3. The zero-order valence-electron chi connectivity index (χ0n) is 14.6. The van der Waals surface area contributed by atoms with Crippen molar-refractivity contribution in [2.75, 3.05) is 20.8 Å². The summed E-state index contributed by atoms with van der Waals surface area (Å²) in [6.45, 7) is 2.79. The van der Waals surface area contributed by atoms with Gasteiger partial charge in [-0.05, 0) is 36.1 Å². The van der Waals surface area contributed by atoms with E-state index in [9.17, 15) is 9.59 Å². The fraction of sp³-hybridized carbons (Fsp3) is 0.579. The van der Waals surface area contributed by atoms with Gasteiger partial charge in [-0.3, -0.25) is 4.79 Å². The Hall–Kier alpha value is -2.04. The van der Waals surface area contributed by atoms with Crippen LogP contribution in [0.15, 0.2) is 12.1 Å². The molecule has 0 bridgehead atoms. The third-order valence-electron chi connectivity index (χ3n) is 5.55. The highest BCUT2D eigenvalue weighted by molar-refractivity contribution is 5.86. The minimum absolute atomic E-state index is 0.0867. The monoisotopic (exact) mass is 331 g/mol. The largest absolute Gasteiger partial charge is 0.493 e. The number of rotatable bonds is 6. The topological polar surface area (TPSA) is 55.8 Å². The zero-order valence-corrected chi connectivity index (χ0v) is 14.6. The summed E-state index contributed by atoms with van der Waals surface area (Å²) in [5.41, 5.74) is 1.69. The Morgan fingerprint density at radius 2 is 2.00 bits per heavy atom. The molecule has 2 aliphatic heterocycles. The van der Waals surface area contributed by atoms with Gasteiger partial charge < -0.3 is 19.2 Å². The smallest absolute Gasteiger partial charge is 0.224 e. The van der Waals surface area contributed by atoms with Gasteiger partial charge in [-0.1, -0.05) is 19.8 Å². The van der Waals surface area contributed by atoms with Gasteiger partial charge in [0, 0.05) is 13.0 Å². The number of aldehydes is 1. The molecule has 5 nitrogen and oxygen atoms in total. The molecule has 130 valence electrons. The van der Waals surface area contributed by atoms with Crippen molar-refractivity contribution < 1.29 is 19.1 Å². The first kappa shape index (κ1) is 16.8. The van der Waals surface area contributed by atoms with E-state index in [1.54, 1.807) is 14.2 Å². The molecule has 1 amide bonds. The number of carbonyl (C=O) groups excluding carboxylic acids is 2. The molecular weight excluding hydrogens is 306 g/mol. The van der Waals surface area contributed by atoms with Crippen molar-refractivity contribution >= 4 is 12.2 Å². The van der Waals surface area contributed by atoms with Crippen LogP contribution in [-0.2, 0) is 21.5 Å². The molecule has 24 heavy (non-hydrogen) atoms. The van der Waals surface area contributed by atoms with Crippen molar-refractivity contribution in [1.29, 1.82) is 0 Å². The predicted octanol–water partition coefficient (Wildman–Crippen LogP) is 2.69. The molecule has 1 saturated heterocycles. The second-order valence-electron chi connectivity index (χ2n) is 6.63. The first-order valence-corrected chi connectivity index (χ1v) is 8.63. The predicted molar refractivity (Wildman–Crippen MR) is 90.3 cm³/mol. The number of methoxy groups -OCH3 is 2. The van der Waals surface area contributed by atoms with Crippen LogP contribution >= 0.6 is 0 Å². The Balaban J connectivity index is 2.21. The van der Waals surface area contributed by atoms with Crippen molar-refractivity contribution in [3.05, 3.63) is 23.3 Å². The molecule has 0 saturated carbocycles. The van der Waals surface area contributed by atoms with E-state index in [1.165, 1.54) is 0 Å². The molecule has 0 aliphatic carbocycles. The van der Waals surface area contributed by atoms with Crippen LogP contribution in [0.3, 0.4) is 0 Å². The van der Waals surface area contributed by atoms with Crippen LogP contribution in [0.4, 0.5) is 0 Å². The molecule has 0 spiro atoms. The Labute approximate surface area is 142 Å². The summed E-state index contributed by atoms with van der Waals surface area (Å²) in [7, 11) is 3.24. The van der Waals surface area contributed by atoms with Gasteiger partial charge in [-0.25, -0.2) is 0 Å². The SMILES string of the molecule is CCCC[C@]12c3cc(OC)c(OC)cc3CCN1C(=O)C[C@H]2C=O. The normalized spacial score (nSPS) is 25.2. The number of benzene rings is 1. The van der Waals surface area contributed by atoms with Crippen LogP contribution in [-0.4, -0.2) is 37.9 Å². The van der Waals surface area contributed by atoms with Gasteiger partial charge in [0.2, 0.25) is 5.91 Å². The standard InChI is InChI=1S/C19H25NO4/c1-4-5-7-19-14(12-21)10-18(22)20(19)8-6-13-9-16(23-2)17(24-3)11-15(13)19/h9,11-12,14H,4-8,10H2,1-3H3/t14-,19-/m0/s1. The number of hydrogen-bond donors (Lipinski definition) is 0. The lowest BCUT2D eigenvalue weighted by molar-refractivity contribution is -0.132. The number of unbranched alkanes of at least 4 members (excludes halogenated alkanes) is 1.